The molecule has 35 heavy (non-hydrogen) atoms. The van der Waals surface area contributed by atoms with E-state index in [2.05, 4.69) is 17.0 Å². The molecule has 0 radical (unpaired) electrons. The molecule has 0 aliphatic carbocycles. The molecule has 0 N–H and O–H groups in total. The minimum Gasteiger partial charge on any atom is -0.496 e. The van der Waals surface area contributed by atoms with Crippen LogP contribution in [-0.4, -0.2) is 47.0 Å². The van der Waals surface area contributed by atoms with E-state index in [1.165, 1.54) is 21.2 Å². The third-order valence-electron chi connectivity index (χ3n) is 6.10. The number of hydrogen-bond acceptors (Lipinski definition) is 10. The average molecular weight is 513 g/mol. The molecule has 0 spiro atoms. The van der Waals surface area contributed by atoms with Gasteiger partial charge in [0.05, 0.1) is 36.5 Å². The van der Waals surface area contributed by atoms with Crippen LogP contribution in [0.3, 0.4) is 0 Å². The molecule has 0 unspecified atom stereocenters. The number of furan rings is 1. The van der Waals surface area contributed by atoms with Gasteiger partial charge < -0.3 is 23.4 Å². The Labute approximate surface area is 209 Å². The van der Waals surface area contributed by atoms with Gasteiger partial charge in [-0.05, 0) is 37.2 Å². The Balaban J connectivity index is 1.29. The predicted octanol–water partition coefficient (Wildman–Crippen LogP) is 5.46. The van der Waals surface area contributed by atoms with Crippen molar-refractivity contribution in [2.75, 3.05) is 27.4 Å². The number of thiazole rings is 1. The zero-order valence-corrected chi connectivity index (χ0v) is 21.2. The lowest BCUT2D eigenvalue weighted by Gasteiger charge is -2.19. The second kappa shape index (κ2) is 9.14. The highest BCUT2D eigenvalue weighted by Gasteiger charge is 2.22. The predicted molar refractivity (Wildman–Crippen MR) is 133 cm³/mol. The summed E-state index contributed by atoms with van der Waals surface area (Å²) < 4.78 is 30.3. The number of aromatic nitrogens is 4. The summed E-state index contributed by atoms with van der Waals surface area (Å²) in [7, 11) is 3.22. The zero-order valence-electron chi connectivity index (χ0n) is 19.6. The van der Waals surface area contributed by atoms with Crippen molar-refractivity contribution in [3.05, 3.63) is 40.0 Å². The highest BCUT2D eigenvalue weighted by molar-refractivity contribution is 7.18. The summed E-state index contributed by atoms with van der Waals surface area (Å²) in [6, 6.07) is 5.67. The maximum atomic E-state index is 6.28. The van der Waals surface area contributed by atoms with Crippen LogP contribution in [0.5, 0.6) is 16.7 Å². The zero-order chi connectivity index (χ0) is 23.9. The fourth-order valence-electron chi connectivity index (χ4n) is 4.18. The first-order valence-electron chi connectivity index (χ1n) is 11.3. The van der Waals surface area contributed by atoms with Gasteiger partial charge in [0.25, 0.3) is 5.19 Å². The molecule has 11 heteroatoms. The summed E-state index contributed by atoms with van der Waals surface area (Å²) in [6.07, 6.45) is 3.87. The quantitative estimate of drug-likeness (QED) is 0.284. The summed E-state index contributed by atoms with van der Waals surface area (Å²) >= 11 is 3.13. The Morgan fingerprint density at radius 3 is 2.71 bits per heavy atom. The third kappa shape index (κ3) is 4.24. The molecule has 182 valence electrons. The Hall–Kier alpha value is -3.15. The standard InChI is InChI=1S/C24H24N4O5S2/c1-13-18(25-22(34-13)14-4-6-31-7-5-14)12-32-19-8-15(29-2)9-20-16(19)10-21(33-20)17-11-28-23(26-17)35-24(27-28)30-3/h8-11,14H,4-7,12H2,1-3H3. The summed E-state index contributed by atoms with van der Waals surface area (Å²) in [5, 5.41) is 6.92. The van der Waals surface area contributed by atoms with Crippen molar-refractivity contribution >= 4 is 38.6 Å². The molecule has 1 saturated heterocycles. The Bertz CT molecular complexity index is 1460. The fraction of sp³-hybridized carbons (Fsp3) is 0.375. The van der Waals surface area contributed by atoms with Crippen LogP contribution in [-0.2, 0) is 11.3 Å². The van der Waals surface area contributed by atoms with E-state index in [0.29, 0.717) is 46.3 Å². The molecular weight excluding hydrogens is 488 g/mol. The molecule has 9 nitrogen and oxygen atoms in total. The van der Waals surface area contributed by atoms with Gasteiger partial charge in [-0.2, -0.15) is 0 Å². The lowest BCUT2D eigenvalue weighted by atomic mass is 10.0. The van der Waals surface area contributed by atoms with E-state index in [1.54, 1.807) is 30.1 Å². The van der Waals surface area contributed by atoms with Crippen molar-refractivity contribution in [2.45, 2.75) is 32.3 Å². The van der Waals surface area contributed by atoms with Gasteiger partial charge in [0.15, 0.2) is 5.76 Å². The normalized spacial score (nSPS) is 14.7. The molecular formula is C24H24N4O5S2. The summed E-state index contributed by atoms with van der Waals surface area (Å²) in [5.74, 6) is 2.43. The van der Waals surface area contributed by atoms with Gasteiger partial charge in [-0.25, -0.2) is 14.5 Å². The number of nitrogens with zero attached hydrogens (tertiary/aromatic N) is 4. The van der Waals surface area contributed by atoms with Gasteiger partial charge in [-0.15, -0.1) is 16.4 Å². The van der Waals surface area contributed by atoms with E-state index in [-0.39, 0.29) is 0 Å². The summed E-state index contributed by atoms with van der Waals surface area (Å²) in [6.45, 7) is 4.08. The minimum atomic E-state index is 0.373. The molecule has 6 rings (SSSR count). The largest absolute Gasteiger partial charge is 0.496 e. The number of hydrogen-bond donors (Lipinski definition) is 0. The highest BCUT2D eigenvalue weighted by atomic mass is 32.1. The molecule has 5 aromatic rings. The van der Waals surface area contributed by atoms with Crippen molar-refractivity contribution in [3.63, 3.8) is 0 Å². The number of benzene rings is 1. The SMILES string of the molecule is COc1cc(OCc2nc(C3CCOCC3)sc2C)c2cc(-c3cn4nc(OC)sc4n3)oc2c1. The number of methoxy groups -OCH3 is 2. The van der Waals surface area contributed by atoms with E-state index in [1.807, 2.05) is 24.4 Å². The van der Waals surface area contributed by atoms with E-state index < -0.39 is 0 Å². The summed E-state index contributed by atoms with van der Waals surface area (Å²) in [4.78, 5) is 11.4. The van der Waals surface area contributed by atoms with Crippen LogP contribution >= 0.6 is 22.7 Å². The molecule has 5 heterocycles. The lowest BCUT2D eigenvalue weighted by molar-refractivity contribution is 0.0852. The minimum absolute atomic E-state index is 0.373. The van der Waals surface area contributed by atoms with Gasteiger partial charge in [0, 0.05) is 36.1 Å². The Morgan fingerprint density at radius 2 is 1.94 bits per heavy atom. The van der Waals surface area contributed by atoms with Crippen LogP contribution in [0.1, 0.15) is 34.3 Å². The topological polar surface area (TPSA) is 93.1 Å². The van der Waals surface area contributed by atoms with Gasteiger partial charge in [0.1, 0.15) is 29.4 Å². The molecule has 4 aromatic heterocycles. The van der Waals surface area contributed by atoms with Crippen LogP contribution in [0.2, 0.25) is 0 Å². The second-order valence-corrected chi connectivity index (χ2v) is 10.5. The monoisotopic (exact) mass is 512 g/mol. The molecule has 1 aromatic carbocycles. The van der Waals surface area contributed by atoms with Gasteiger partial charge >= 0.3 is 0 Å². The van der Waals surface area contributed by atoms with E-state index in [0.717, 1.165) is 42.1 Å². The van der Waals surface area contributed by atoms with Gasteiger partial charge in [0.2, 0.25) is 4.96 Å². The first-order chi connectivity index (χ1) is 17.1. The van der Waals surface area contributed by atoms with Crippen molar-refractivity contribution in [1.82, 2.24) is 19.6 Å². The number of imidazole rings is 1. The first kappa shape index (κ1) is 22.3. The fourth-order valence-corrected chi connectivity index (χ4v) is 5.97. The molecule has 0 amide bonds. The van der Waals surface area contributed by atoms with Crippen LogP contribution in [0.15, 0.2) is 28.8 Å². The van der Waals surface area contributed by atoms with Crippen molar-refractivity contribution in [3.8, 4) is 28.1 Å². The molecule has 1 aliphatic rings. The van der Waals surface area contributed by atoms with Crippen LogP contribution in [0, 0.1) is 6.92 Å². The lowest BCUT2D eigenvalue weighted by Crippen LogP contribution is -2.14. The highest BCUT2D eigenvalue weighted by Crippen LogP contribution is 2.38. The smallest absolute Gasteiger partial charge is 0.294 e. The average Bonchev–Trinajstić information content (AvgIpc) is 3.64. The molecule has 1 aliphatic heterocycles. The van der Waals surface area contributed by atoms with E-state index in [4.69, 9.17) is 28.3 Å². The van der Waals surface area contributed by atoms with E-state index >= 15 is 0 Å². The summed E-state index contributed by atoms with van der Waals surface area (Å²) in [5.41, 5.74) is 2.31. The third-order valence-corrected chi connectivity index (χ3v) is 8.16. The molecule has 0 saturated carbocycles. The number of aryl methyl sites for hydroxylation is 1. The van der Waals surface area contributed by atoms with Gasteiger partial charge in [-0.1, -0.05) is 0 Å². The maximum Gasteiger partial charge on any atom is 0.294 e. The molecule has 0 bridgehead atoms. The molecule has 1 fully saturated rings. The van der Waals surface area contributed by atoms with Crippen LogP contribution < -0.4 is 14.2 Å². The number of ether oxygens (including phenoxy) is 4. The maximum absolute atomic E-state index is 6.28. The van der Waals surface area contributed by atoms with Crippen molar-refractivity contribution in [1.29, 1.82) is 0 Å². The van der Waals surface area contributed by atoms with Crippen LogP contribution in [0.25, 0.3) is 27.4 Å². The number of fused-ring (bicyclic) bond motifs is 2. The van der Waals surface area contributed by atoms with Crippen LogP contribution in [0.4, 0.5) is 0 Å². The first-order valence-corrected chi connectivity index (χ1v) is 12.9. The second-order valence-electron chi connectivity index (χ2n) is 8.30. The van der Waals surface area contributed by atoms with Crippen molar-refractivity contribution in [2.24, 2.45) is 0 Å². The number of rotatable bonds is 7. The Morgan fingerprint density at radius 1 is 1.09 bits per heavy atom. The van der Waals surface area contributed by atoms with E-state index in [9.17, 15) is 0 Å². The molecule has 0 atom stereocenters. The van der Waals surface area contributed by atoms with Gasteiger partial charge in [-0.3, -0.25) is 0 Å². The Kier molecular flexibility index (Phi) is 5.83. The van der Waals surface area contributed by atoms with Crippen molar-refractivity contribution < 1.29 is 23.4 Å².